The van der Waals surface area contributed by atoms with Crippen molar-refractivity contribution in [3.8, 4) is 0 Å². The third-order valence-corrected chi connectivity index (χ3v) is 1.51. The highest BCUT2D eigenvalue weighted by molar-refractivity contribution is 5.59. The summed E-state index contributed by atoms with van der Waals surface area (Å²) in [5.41, 5.74) is 5.63. The topological polar surface area (TPSA) is 61.5 Å². The average molecular weight is 175 g/mol. The van der Waals surface area contributed by atoms with E-state index in [2.05, 4.69) is 4.74 Å². The van der Waals surface area contributed by atoms with E-state index in [1.807, 2.05) is 13.8 Å². The third kappa shape index (κ3) is 4.96. The van der Waals surface area contributed by atoms with E-state index in [0.717, 1.165) is 0 Å². The van der Waals surface area contributed by atoms with Crippen LogP contribution in [0.2, 0.25) is 0 Å². The van der Waals surface area contributed by atoms with Gasteiger partial charge in [0.25, 0.3) is 0 Å². The van der Waals surface area contributed by atoms with E-state index in [9.17, 15) is 4.79 Å². The Balaban J connectivity index is 3.47. The molecule has 0 amide bonds. The molecule has 0 aromatic heterocycles. The van der Waals surface area contributed by atoms with Crippen LogP contribution in [0.15, 0.2) is 0 Å². The van der Waals surface area contributed by atoms with Crippen molar-refractivity contribution in [3.63, 3.8) is 0 Å². The number of rotatable bonds is 4. The van der Waals surface area contributed by atoms with Crippen molar-refractivity contribution in [1.82, 2.24) is 0 Å². The van der Waals surface area contributed by atoms with Gasteiger partial charge in [0.05, 0.1) is 6.61 Å². The zero-order valence-corrected chi connectivity index (χ0v) is 7.87. The summed E-state index contributed by atoms with van der Waals surface area (Å²) in [6, 6.07) is -0.116. The van der Waals surface area contributed by atoms with Gasteiger partial charge in [-0.25, -0.2) is 4.79 Å². The highest BCUT2D eigenvalue weighted by Gasteiger charge is 2.10. The first-order valence-corrected chi connectivity index (χ1v) is 4.13. The number of carbonyl (C=O) groups is 1. The molecule has 0 aliphatic heterocycles. The minimum atomic E-state index is -0.645. The Morgan fingerprint density at radius 3 is 2.42 bits per heavy atom. The monoisotopic (exact) mass is 175 g/mol. The molecule has 0 saturated heterocycles. The van der Waals surface area contributed by atoms with E-state index in [0.29, 0.717) is 12.5 Å². The molecule has 4 heteroatoms. The maximum Gasteiger partial charge on any atom is 0.508 e. The van der Waals surface area contributed by atoms with Crippen molar-refractivity contribution in [2.45, 2.75) is 26.8 Å². The van der Waals surface area contributed by atoms with Crippen molar-refractivity contribution in [2.24, 2.45) is 11.7 Å². The van der Waals surface area contributed by atoms with Crippen molar-refractivity contribution in [3.05, 3.63) is 0 Å². The van der Waals surface area contributed by atoms with Gasteiger partial charge < -0.3 is 15.2 Å². The lowest BCUT2D eigenvalue weighted by molar-refractivity contribution is 0.0517. The van der Waals surface area contributed by atoms with Crippen LogP contribution in [0.5, 0.6) is 0 Å². The Morgan fingerprint density at radius 2 is 2.00 bits per heavy atom. The quantitative estimate of drug-likeness (QED) is 0.651. The molecule has 1 unspecified atom stereocenters. The smallest absolute Gasteiger partial charge is 0.435 e. The first-order valence-electron chi connectivity index (χ1n) is 4.13. The summed E-state index contributed by atoms with van der Waals surface area (Å²) in [5.74, 6) is 0.305. The van der Waals surface area contributed by atoms with E-state index in [1.165, 1.54) is 0 Å². The van der Waals surface area contributed by atoms with Crippen LogP contribution >= 0.6 is 0 Å². The lowest BCUT2D eigenvalue weighted by atomic mass is 10.1. The Morgan fingerprint density at radius 1 is 1.42 bits per heavy atom. The Kier molecular flexibility index (Phi) is 5.45. The molecule has 12 heavy (non-hydrogen) atoms. The SMILES string of the molecule is CCOC(=O)OCC(N)C(C)C. The van der Waals surface area contributed by atoms with Gasteiger partial charge in [0, 0.05) is 6.04 Å². The number of hydrogen-bond donors (Lipinski definition) is 1. The van der Waals surface area contributed by atoms with Gasteiger partial charge in [-0.05, 0) is 12.8 Å². The van der Waals surface area contributed by atoms with Crippen LogP contribution in [-0.4, -0.2) is 25.4 Å². The summed E-state index contributed by atoms with van der Waals surface area (Å²) in [6.07, 6.45) is -0.645. The van der Waals surface area contributed by atoms with Gasteiger partial charge in [-0.1, -0.05) is 13.8 Å². The number of nitrogens with two attached hydrogens (primary N) is 1. The van der Waals surface area contributed by atoms with E-state index in [4.69, 9.17) is 10.5 Å². The minimum absolute atomic E-state index is 0.116. The van der Waals surface area contributed by atoms with Crippen LogP contribution in [0, 0.1) is 5.92 Å². The molecule has 0 rings (SSSR count). The van der Waals surface area contributed by atoms with E-state index in [1.54, 1.807) is 6.92 Å². The minimum Gasteiger partial charge on any atom is -0.435 e. The zero-order valence-electron chi connectivity index (χ0n) is 7.87. The van der Waals surface area contributed by atoms with Crippen LogP contribution in [-0.2, 0) is 9.47 Å². The van der Waals surface area contributed by atoms with Crippen molar-refractivity contribution in [1.29, 1.82) is 0 Å². The van der Waals surface area contributed by atoms with Gasteiger partial charge in [0.15, 0.2) is 0 Å². The fourth-order valence-electron chi connectivity index (χ4n) is 0.516. The molecule has 0 spiro atoms. The summed E-state index contributed by atoms with van der Waals surface area (Å²) in [6.45, 7) is 6.22. The van der Waals surface area contributed by atoms with Crippen molar-refractivity contribution < 1.29 is 14.3 Å². The second-order valence-electron chi connectivity index (χ2n) is 2.90. The molecule has 0 saturated carbocycles. The van der Waals surface area contributed by atoms with E-state index >= 15 is 0 Å². The average Bonchev–Trinajstić information content (AvgIpc) is 2.00. The van der Waals surface area contributed by atoms with E-state index < -0.39 is 6.16 Å². The van der Waals surface area contributed by atoms with Crippen molar-refractivity contribution >= 4 is 6.16 Å². The summed E-state index contributed by atoms with van der Waals surface area (Å²) in [5, 5.41) is 0. The van der Waals surface area contributed by atoms with Crippen LogP contribution in [0.3, 0.4) is 0 Å². The summed E-state index contributed by atoms with van der Waals surface area (Å²) in [7, 11) is 0. The predicted octanol–water partition coefficient (Wildman–Crippen LogP) is 1.14. The van der Waals surface area contributed by atoms with Gasteiger partial charge in [-0.2, -0.15) is 0 Å². The van der Waals surface area contributed by atoms with Crippen molar-refractivity contribution in [2.75, 3.05) is 13.2 Å². The Bertz CT molecular complexity index is 136. The molecule has 0 aliphatic carbocycles. The van der Waals surface area contributed by atoms with Gasteiger partial charge in [-0.15, -0.1) is 0 Å². The summed E-state index contributed by atoms with van der Waals surface area (Å²) in [4.78, 5) is 10.7. The molecule has 0 radical (unpaired) electrons. The van der Waals surface area contributed by atoms with Gasteiger partial charge in [0.1, 0.15) is 6.61 Å². The molecular weight excluding hydrogens is 158 g/mol. The second kappa shape index (κ2) is 5.83. The first kappa shape index (κ1) is 11.2. The second-order valence-corrected chi connectivity index (χ2v) is 2.90. The molecule has 0 heterocycles. The molecule has 0 aromatic rings. The van der Waals surface area contributed by atoms with Crippen LogP contribution in [0.4, 0.5) is 4.79 Å². The molecule has 2 N–H and O–H groups in total. The van der Waals surface area contributed by atoms with Crippen LogP contribution in [0.25, 0.3) is 0 Å². The van der Waals surface area contributed by atoms with Crippen LogP contribution < -0.4 is 5.73 Å². The largest absolute Gasteiger partial charge is 0.508 e. The molecule has 0 fully saturated rings. The number of ether oxygens (including phenoxy) is 2. The normalized spacial score (nSPS) is 12.8. The first-order chi connectivity index (χ1) is 5.57. The molecule has 72 valence electrons. The number of carbonyl (C=O) groups excluding carboxylic acids is 1. The zero-order chi connectivity index (χ0) is 9.56. The fraction of sp³-hybridized carbons (Fsp3) is 0.875. The molecule has 1 atom stereocenters. The standard InChI is InChI=1S/C8H17NO3/c1-4-11-8(10)12-5-7(9)6(2)3/h6-7H,4-5,9H2,1-3H3. The molecule has 0 aromatic carbocycles. The molecular formula is C8H17NO3. The van der Waals surface area contributed by atoms with Gasteiger partial charge in [0.2, 0.25) is 0 Å². The summed E-state index contributed by atoms with van der Waals surface area (Å²) < 4.78 is 9.27. The summed E-state index contributed by atoms with van der Waals surface area (Å²) >= 11 is 0. The Labute approximate surface area is 73.0 Å². The lowest BCUT2D eigenvalue weighted by Crippen LogP contribution is -2.32. The lowest BCUT2D eigenvalue weighted by Gasteiger charge is -2.14. The Hall–Kier alpha value is -0.770. The predicted molar refractivity (Wildman–Crippen MR) is 45.8 cm³/mol. The van der Waals surface area contributed by atoms with Crippen LogP contribution in [0.1, 0.15) is 20.8 Å². The number of hydrogen-bond acceptors (Lipinski definition) is 4. The molecule has 0 bridgehead atoms. The van der Waals surface area contributed by atoms with Gasteiger partial charge in [-0.3, -0.25) is 0 Å². The van der Waals surface area contributed by atoms with E-state index in [-0.39, 0.29) is 12.6 Å². The van der Waals surface area contributed by atoms with Gasteiger partial charge >= 0.3 is 6.16 Å². The third-order valence-electron chi connectivity index (χ3n) is 1.51. The highest BCUT2D eigenvalue weighted by atomic mass is 16.7. The fourth-order valence-corrected chi connectivity index (χ4v) is 0.516. The maximum atomic E-state index is 10.7. The molecule has 0 aliphatic rings. The molecule has 4 nitrogen and oxygen atoms in total. The maximum absolute atomic E-state index is 10.7. The highest BCUT2D eigenvalue weighted by Crippen LogP contribution is 1.99.